The molecule has 0 atom stereocenters. The quantitative estimate of drug-likeness (QED) is 0.554. The Labute approximate surface area is 67.0 Å². The van der Waals surface area contributed by atoms with Crippen LogP contribution in [-0.2, 0) is 0 Å². The average molecular weight is 148 g/mol. The van der Waals surface area contributed by atoms with E-state index in [0.29, 0.717) is 0 Å². The standard InChI is InChI=1S/C9H12N2/c1-8-4-3-5-10-7-11-9(2)6-8/h3-4,6-7H,2,5H2,1H3,(H,10,11)/b4-3-,8-6-. The van der Waals surface area contributed by atoms with Gasteiger partial charge < -0.3 is 5.32 Å². The number of nitrogens with one attached hydrogen (secondary N) is 1. The monoisotopic (exact) mass is 148 g/mol. The molecule has 2 heteroatoms. The normalized spacial score (nSPS) is 28.5. The number of hydrogen-bond donors (Lipinski definition) is 1. The Kier molecular flexibility index (Phi) is 2.66. The van der Waals surface area contributed by atoms with Crippen molar-refractivity contribution in [3.63, 3.8) is 0 Å². The molecular weight excluding hydrogens is 136 g/mol. The van der Waals surface area contributed by atoms with E-state index >= 15 is 0 Å². The largest absolute Gasteiger partial charge is 0.373 e. The van der Waals surface area contributed by atoms with E-state index in [1.54, 1.807) is 6.34 Å². The number of rotatable bonds is 0. The summed E-state index contributed by atoms with van der Waals surface area (Å²) < 4.78 is 0. The lowest BCUT2D eigenvalue weighted by molar-refractivity contribution is 1.07. The summed E-state index contributed by atoms with van der Waals surface area (Å²) in [6.07, 6.45) is 7.71. The van der Waals surface area contributed by atoms with Gasteiger partial charge in [0.15, 0.2) is 0 Å². The van der Waals surface area contributed by atoms with Crippen molar-refractivity contribution in [2.24, 2.45) is 4.99 Å². The summed E-state index contributed by atoms with van der Waals surface area (Å²) in [7, 11) is 0. The minimum absolute atomic E-state index is 0.779. The van der Waals surface area contributed by atoms with Crippen LogP contribution in [0, 0.1) is 0 Å². The number of hydrogen-bond acceptors (Lipinski definition) is 2. The van der Waals surface area contributed by atoms with Crippen LogP contribution in [0.5, 0.6) is 0 Å². The molecule has 0 spiro atoms. The van der Waals surface area contributed by atoms with Gasteiger partial charge in [-0.05, 0) is 18.6 Å². The van der Waals surface area contributed by atoms with Gasteiger partial charge in [-0.2, -0.15) is 0 Å². The Hall–Kier alpha value is -1.31. The van der Waals surface area contributed by atoms with Gasteiger partial charge in [0, 0.05) is 6.54 Å². The third-order valence-electron chi connectivity index (χ3n) is 1.33. The molecule has 1 aliphatic heterocycles. The van der Waals surface area contributed by atoms with Crippen molar-refractivity contribution in [1.82, 2.24) is 5.32 Å². The van der Waals surface area contributed by atoms with Gasteiger partial charge in [-0.15, -0.1) is 0 Å². The second kappa shape index (κ2) is 3.76. The first-order chi connectivity index (χ1) is 5.29. The molecule has 2 nitrogen and oxygen atoms in total. The van der Waals surface area contributed by atoms with Crippen molar-refractivity contribution >= 4 is 6.34 Å². The van der Waals surface area contributed by atoms with Crippen molar-refractivity contribution < 1.29 is 0 Å². The van der Waals surface area contributed by atoms with Gasteiger partial charge in [-0.3, -0.25) is 0 Å². The van der Waals surface area contributed by atoms with Crippen LogP contribution in [0.3, 0.4) is 0 Å². The highest BCUT2D eigenvalue weighted by atomic mass is 14.9. The average Bonchev–Trinajstić information content (AvgIpc) is 2.02. The predicted octanol–water partition coefficient (Wildman–Crippen LogP) is 1.63. The predicted molar refractivity (Wildman–Crippen MR) is 48.5 cm³/mol. The number of aliphatic imine (C=N–C) groups is 1. The topological polar surface area (TPSA) is 24.4 Å². The van der Waals surface area contributed by atoms with Crippen LogP contribution < -0.4 is 5.32 Å². The minimum atomic E-state index is 0.779. The lowest BCUT2D eigenvalue weighted by Gasteiger charge is -1.90. The van der Waals surface area contributed by atoms with E-state index in [1.165, 1.54) is 5.57 Å². The van der Waals surface area contributed by atoms with E-state index in [4.69, 9.17) is 0 Å². The Balaban J connectivity index is 2.79. The molecule has 0 aliphatic carbocycles. The Morgan fingerprint density at radius 3 is 3.27 bits per heavy atom. The first-order valence-electron chi connectivity index (χ1n) is 3.59. The maximum Gasteiger partial charge on any atom is 0.0888 e. The molecule has 1 N–H and O–H groups in total. The van der Waals surface area contributed by atoms with Crippen LogP contribution in [-0.4, -0.2) is 12.9 Å². The van der Waals surface area contributed by atoms with E-state index in [2.05, 4.69) is 23.0 Å². The summed E-state index contributed by atoms with van der Waals surface area (Å²) in [4.78, 5) is 4.05. The van der Waals surface area contributed by atoms with E-state index in [-0.39, 0.29) is 0 Å². The maximum atomic E-state index is 4.05. The highest BCUT2D eigenvalue weighted by Gasteiger charge is 1.87. The highest BCUT2D eigenvalue weighted by Crippen LogP contribution is 2.02. The number of allylic oxidation sites excluding steroid dienone is 3. The molecule has 0 aromatic heterocycles. The van der Waals surface area contributed by atoms with E-state index in [0.717, 1.165) is 12.2 Å². The van der Waals surface area contributed by atoms with Gasteiger partial charge in [-0.25, -0.2) is 4.99 Å². The molecule has 0 amide bonds. The van der Waals surface area contributed by atoms with Crippen LogP contribution in [0.4, 0.5) is 0 Å². The lowest BCUT2D eigenvalue weighted by Crippen LogP contribution is -2.09. The molecule has 1 heterocycles. The summed E-state index contributed by atoms with van der Waals surface area (Å²) in [5.74, 6) is 0. The summed E-state index contributed by atoms with van der Waals surface area (Å²) in [6, 6.07) is 0. The van der Waals surface area contributed by atoms with Crippen molar-refractivity contribution in [3.8, 4) is 0 Å². The smallest absolute Gasteiger partial charge is 0.0888 e. The molecule has 58 valence electrons. The molecule has 0 saturated carbocycles. The molecule has 0 aromatic carbocycles. The minimum Gasteiger partial charge on any atom is -0.373 e. The molecule has 0 saturated heterocycles. The van der Waals surface area contributed by atoms with Crippen LogP contribution in [0.2, 0.25) is 0 Å². The van der Waals surface area contributed by atoms with Crippen LogP contribution in [0.25, 0.3) is 0 Å². The van der Waals surface area contributed by atoms with Crippen molar-refractivity contribution in [1.29, 1.82) is 0 Å². The zero-order valence-electron chi connectivity index (χ0n) is 6.67. The first kappa shape index (κ1) is 7.79. The summed E-state index contributed by atoms with van der Waals surface area (Å²) in [6.45, 7) is 6.61. The van der Waals surface area contributed by atoms with Gasteiger partial charge >= 0.3 is 0 Å². The Bertz CT molecular complexity index is 234. The Morgan fingerprint density at radius 2 is 2.45 bits per heavy atom. The highest BCUT2D eigenvalue weighted by molar-refractivity contribution is 5.57. The third kappa shape index (κ3) is 2.85. The van der Waals surface area contributed by atoms with Crippen molar-refractivity contribution in [3.05, 3.63) is 36.1 Å². The zero-order chi connectivity index (χ0) is 8.10. The Morgan fingerprint density at radius 1 is 1.64 bits per heavy atom. The molecule has 0 unspecified atom stereocenters. The third-order valence-corrected chi connectivity index (χ3v) is 1.33. The van der Waals surface area contributed by atoms with Crippen LogP contribution >= 0.6 is 0 Å². The lowest BCUT2D eigenvalue weighted by atomic mass is 10.2. The second-order valence-corrected chi connectivity index (χ2v) is 2.45. The van der Waals surface area contributed by atoms with E-state index in [9.17, 15) is 0 Å². The van der Waals surface area contributed by atoms with Gasteiger partial charge in [0.2, 0.25) is 0 Å². The van der Waals surface area contributed by atoms with Crippen molar-refractivity contribution in [2.45, 2.75) is 6.92 Å². The zero-order valence-corrected chi connectivity index (χ0v) is 6.67. The van der Waals surface area contributed by atoms with Gasteiger partial charge in [0.1, 0.15) is 0 Å². The molecule has 11 heavy (non-hydrogen) atoms. The second-order valence-electron chi connectivity index (χ2n) is 2.45. The fraction of sp³-hybridized carbons (Fsp3) is 0.222. The molecule has 1 aliphatic rings. The fourth-order valence-corrected chi connectivity index (χ4v) is 0.842. The van der Waals surface area contributed by atoms with Gasteiger partial charge in [0.25, 0.3) is 0 Å². The molecule has 0 fully saturated rings. The van der Waals surface area contributed by atoms with Gasteiger partial charge in [-0.1, -0.05) is 18.7 Å². The fourth-order valence-electron chi connectivity index (χ4n) is 0.842. The summed E-state index contributed by atoms with van der Waals surface area (Å²) in [5, 5.41) is 3.01. The van der Waals surface area contributed by atoms with E-state index < -0.39 is 0 Å². The van der Waals surface area contributed by atoms with Crippen molar-refractivity contribution in [2.75, 3.05) is 6.54 Å². The summed E-state index contributed by atoms with van der Waals surface area (Å²) in [5.41, 5.74) is 1.96. The van der Waals surface area contributed by atoms with Gasteiger partial charge in [0.05, 0.1) is 12.0 Å². The SMILES string of the molecule is C=C1/C=C(C)\C=C/CN/C=N\1. The molecular formula is C9H12N2. The van der Waals surface area contributed by atoms with Crippen LogP contribution in [0.15, 0.2) is 41.1 Å². The van der Waals surface area contributed by atoms with E-state index in [1.807, 2.05) is 19.1 Å². The molecule has 0 radical (unpaired) electrons. The number of nitrogens with zero attached hydrogens (tertiary/aromatic N) is 1. The summed E-state index contributed by atoms with van der Waals surface area (Å²) >= 11 is 0. The maximum absolute atomic E-state index is 4.05. The molecule has 0 aromatic rings. The van der Waals surface area contributed by atoms with Crippen LogP contribution in [0.1, 0.15) is 6.92 Å². The molecule has 0 bridgehead atoms. The molecule has 1 rings (SSSR count). The first-order valence-corrected chi connectivity index (χ1v) is 3.59.